The van der Waals surface area contributed by atoms with Gasteiger partial charge in [-0.2, -0.15) is 0 Å². The Morgan fingerprint density at radius 1 is 1.00 bits per heavy atom. The molecule has 0 radical (unpaired) electrons. The van der Waals surface area contributed by atoms with Gasteiger partial charge in [0.2, 0.25) is 0 Å². The Balaban J connectivity index is 1.61. The minimum Gasteiger partial charge on any atom is -0.396 e. The van der Waals surface area contributed by atoms with E-state index < -0.39 is 0 Å². The SMILES string of the molecule is OCC1CC(C2CC2)CNC1C1CC1. The van der Waals surface area contributed by atoms with Crippen LogP contribution in [-0.2, 0) is 0 Å². The van der Waals surface area contributed by atoms with Crippen molar-refractivity contribution in [3.05, 3.63) is 0 Å². The van der Waals surface area contributed by atoms with Gasteiger partial charge in [0.05, 0.1) is 0 Å². The number of piperidine rings is 1. The molecule has 0 amide bonds. The third-order valence-corrected chi connectivity index (χ3v) is 4.38. The summed E-state index contributed by atoms with van der Waals surface area (Å²) in [4.78, 5) is 0. The molecule has 1 saturated heterocycles. The lowest BCUT2D eigenvalue weighted by Crippen LogP contribution is -2.48. The van der Waals surface area contributed by atoms with Gasteiger partial charge in [-0.3, -0.25) is 0 Å². The van der Waals surface area contributed by atoms with E-state index in [1.165, 1.54) is 38.6 Å². The fourth-order valence-corrected chi connectivity index (χ4v) is 3.19. The number of nitrogens with one attached hydrogen (secondary N) is 1. The van der Waals surface area contributed by atoms with Gasteiger partial charge in [0.15, 0.2) is 0 Å². The second-order valence-electron chi connectivity index (χ2n) is 5.55. The van der Waals surface area contributed by atoms with Crippen molar-refractivity contribution in [3.8, 4) is 0 Å². The van der Waals surface area contributed by atoms with Crippen LogP contribution in [0.3, 0.4) is 0 Å². The van der Waals surface area contributed by atoms with E-state index in [-0.39, 0.29) is 0 Å². The van der Waals surface area contributed by atoms with Crippen molar-refractivity contribution in [2.75, 3.05) is 13.2 Å². The molecule has 2 N–H and O–H groups in total. The zero-order chi connectivity index (χ0) is 9.54. The standard InChI is InChI=1S/C12H21NO/c14-7-11-5-10(8-1-2-8)6-13-12(11)9-3-4-9/h8-14H,1-7H2. The highest BCUT2D eigenvalue weighted by Gasteiger charge is 2.43. The van der Waals surface area contributed by atoms with Crippen LogP contribution < -0.4 is 5.32 Å². The Morgan fingerprint density at radius 2 is 1.71 bits per heavy atom. The number of hydrogen-bond donors (Lipinski definition) is 2. The van der Waals surface area contributed by atoms with Crippen molar-refractivity contribution in [2.24, 2.45) is 23.7 Å². The summed E-state index contributed by atoms with van der Waals surface area (Å²) in [7, 11) is 0. The first kappa shape index (κ1) is 9.17. The quantitative estimate of drug-likeness (QED) is 0.713. The second kappa shape index (κ2) is 3.49. The largest absolute Gasteiger partial charge is 0.396 e. The van der Waals surface area contributed by atoms with E-state index in [1.54, 1.807) is 0 Å². The summed E-state index contributed by atoms with van der Waals surface area (Å²) in [5.74, 6) is 3.33. The van der Waals surface area contributed by atoms with Crippen LogP contribution in [0.25, 0.3) is 0 Å². The molecule has 2 saturated carbocycles. The Labute approximate surface area is 86.1 Å². The number of aliphatic hydroxyl groups is 1. The fraction of sp³-hybridized carbons (Fsp3) is 1.00. The van der Waals surface area contributed by atoms with E-state index in [0.29, 0.717) is 18.6 Å². The molecule has 1 heterocycles. The van der Waals surface area contributed by atoms with Gasteiger partial charge < -0.3 is 10.4 Å². The lowest BCUT2D eigenvalue weighted by molar-refractivity contribution is 0.114. The van der Waals surface area contributed by atoms with Gasteiger partial charge in [-0.1, -0.05) is 0 Å². The van der Waals surface area contributed by atoms with Gasteiger partial charge in [0, 0.05) is 12.6 Å². The van der Waals surface area contributed by atoms with Crippen molar-refractivity contribution < 1.29 is 5.11 Å². The summed E-state index contributed by atoms with van der Waals surface area (Å²) in [5, 5.41) is 13.1. The van der Waals surface area contributed by atoms with Crippen molar-refractivity contribution in [1.82, 2.24) is 5.32 Å². The molecule has 1 aliphatic heterocycles. The monoisotopic (exact) mass is 195 g/mol. The Kier molecular flexibility index (Phi) is 2.29. The molecule has 14 heavy (non-hydrogen) atoms. The Hall–Kier alpha value is -0.0800. The summed E-state index contributed by atoms with van der Waals surface area (Å²) in [6.07, 6.45) is 6.96. The van der Waals surface area contributed by atoms with Gasteiger partial charge in [-0.15, -0.1) is 0 Å². The van der Waals surface area contributed by atoms with Crippen LogP contribution in [0.15, 0.2) is 0 Å². The van der Waals surface area contributed by atoms with Crippen LogP contribution in [-0.4, -0.2) is 24.3 Å². The average Bonchev–Trinajstić information content (AvgIpc) is 3.04. The van der Waals surface area contributed by atoms with Crippen molar-refractivity contribution in [1.29, 1.82) is 0 Å². The highest BCUT2D eigenvalue weighted by Crippen LogP contribution is 2.45. The van der Waals surface area contributed by atoms with Crippen LogP contribution in [0.2, 0.25) is 0 Å². The molecule has 0 aromatic heterocycles. The maximum atomic E-state index is 9.42. The molecule has 2 aliphatic carbocycles. The molecule has 2 heteroatoms. The van der Waals surface area contributed by atoms with E-state index in [9.17, 15) is 5.11 Å². The van der Waals surface area contributed by atoms with Crippen molar-refractivity contribution in [3.63, 3.8) is 0 Å². The molecule has 3 atom stereocenters. The highest BCUT2D eigenvalue weighted by atomic mass is 16.3. The topological polar surface area (TPSA) is 32.3 Å². The number of aliphatic hydroxyl groups excluding tert-OH is 1. The maximum absolute atomic E-state index is 9.42. The zero-order valence-corrected chi connectivity index (χ0v) is 8.78. The summed E-state index contributed by atoms with van der Waals surface area (Å²) in [6.45, 7) is 1.62. The van der Waals surface area contributed by atoms with Gasteiger partial charge in [-0.05, 0) is 62.3 Å². The van der Waals surface area contributed by atoms with Crippen LogP contribution in [0, 0.1) is 23.7 Å². The predicted octanol–water partition coefficient (Wildman–Crippen LogP) is 1.39. The van der Waals surface area contributed by atoms with E-state index >= 15 is 0 Å². The first-order valence-corrected chi connectivity index (χ1v) is 6.22. The molecule has 0 aromatic carbocycles. The minimum absolute atomic E-state index is 0.400. The van der Waals surface area contributed by atoms with Gasteiger partial charge in [0.25, 0.3) is 0 Å². The summed E-state index contributed by atoms with van der Waals surface area (Å²) < 4.78 is 0. The van der Waals surface area contributed by atoms with Crippen LogP contribution >= 0.6 is 0 Å². The molecule has 0 spiro atoms. The lowest BCUT2D eigenvalue weighted by atomic mass is 9.81. The number of rotatable bonds is 3. The summed E-state index contributed by atoms with van der Waals surface area (Å²) in [6, 6.07) is 0.648. The highest BCUT2D eigenvalue weighted by molar-refractivity contribution is 4.97. The molecular weight excluding hydrogens is 174 g/mol. The van der Waals surface area contributed by atoms with Gasteiger partial charge in [0.1, 0.15) is 0 Å². The molecular formula is C12H21NO. The summed E-state index contributed by atoms with van der Waals surface area (Å²) in [5.41, 5.74) is 0. The molecule has 3 aliphatic rings. The first-order valence-electron chi connectivity index (χ1n) is 6.22. The van der Waals surface area contributed by atoms with E-state index in [2.05, 4.69) is 5.32 Å². The van der Waals surface area contributed by atoms with Crippen LogP contribution in [0.4, 0.5) is 0 Å². The third kappa shape index (κ3) is 1.70. The Bertz CT molecular complexity index is 210. The molecule has 0 aromatic rings. The molecule has 80 valence electrons. The first-order chi connectivity index (χ1) is 6.88. The van der Waals surface area contributed by atoms with Crippen LogP contribution in [0.1, 0.15) is 32.1 Å². The smallest absolute Gasteiger partial charge is 0.0474 e. The van der Waals surface area contributed by atoms with Crippen molar-refractivity contribution >= 4 is 0 Å². The molecule has 3 fully saturated rings. The van der Waals surface area contributed by atoms with Gasteiger partial charge in [-0.25, -0.2) is 0 Å². The van der Waals surface area contributed by atoms with Crippen LogP contribution in [0.5, 0.6) is 0 Å². The zero-order valence-electron chi connectivity index (χ0n) is 8.78. The number of hydrogen-bond acceptors (Lipinski definition) is 2. The third-order valence-electron chi connectivity index (χ3n) is 4.38. The molecule has 0 bridgehead atoms. The maximum Gasteiger partial charge on any atom is 0.0474 e. The fourth-order valence-electron chi connectivity index (χ4n) is 3.19. The van der Waals surface area contributed by atoms with E-state index in [4.69, 9.17) is 0 Å². The normalized spacial score (nSPS) is 43.9. The molecule has 2 nitrogen and oxygen atoms in total. The lowest BCUT2D eigenvalue weighted by Gasteiger charge is -2.36. The molecule has 3 rings (SSSR count). The minimum atomic E-state index is 0.400. The molecule has 3 unspecified atom stereocenters. The Morgan fingerprint density at radius 3 is 2.29 bits per heavy atom. The van der Waals surface area contributed by atoms with E-state index in [0.717, 1.165) is 17.8 Å². The van der Waals surface area contributed by atoms with E-state index in [1.807, 2.05) is 0 Å². The van der Waals surface area contributed by atoms with Gasteiger partial charge >= 0.3 is 0 Å². The predicted molar refractivity (Wildman–Crippen MR) is 55.9 cm³/mol. The summed E-state index contributed by atoms with van der Waals surface area (Å²) >= 11 is 0. The average molecular weight is 195 g/mol. The second-order valence-corrected chi connectivity index (χ2v) is 5.55. The van der Waals surface area contributed by atoms with Crippen molar-refractivity contribution in [2.45, 2.75) is 38.1 Å².